The van der Waals surface area contributed by atoms with Crippen LogP contribution in [0.3, 0.4) is 0 Å². The fraction of sp³-hybridized carbons (Fsp3) is 0.250. The van der Waals surface area contributed by atoms with Gasteiger partial charge in [-0.2, -0.15) is 13.5 Å². The predicted octanol–water partition coefficient (Wildman–Crippen LogP) is 6.74. The highest BCUT2D eigenvalue weighted by atomic mass is 32.1. The van der Waals surface area contributed by atoms with E-state index in [0.29, 0.717) is 33.4 Å². The van der Waals surface area contributed by atoms with E-state index in [0.717, 1.165) is 41.8 Å². The SMILES string of the molecule is C.Cc1cc(Oc2ccccc2)ccc1N1C(=O)Nc2c(C(=O)N[C@H]3CCCOC3)sc3nccc1c23.S. The van der Waals surface area contributed by atoms with Crippen LogP contribution in [0.4, 0.5) is 21.9 Å². The second-order valence-electron chi connectivity index (χ2n) is 8.83. The number of hydrogen-bond donors (Lipinski definition) is 2. The van der Waals surface area contributed by atoms with Crippen molar-refractivity contribution in [3.63, 3.8) is 0 Å². The quantitative estimate of drug-likeness (QED) is 0.287. The molecule has 0 saturated carbocycles. The molecule has 2 aliphatic rings. The van der Waals surface area contributed by atoms with E-state index in [1.807, 2.05) is 61.5 Å². The van der Waals surface area contributed by atoms with Crippen molar-refractivity contribution in [2.75, 3.05) is 23.4 Å². The number of thiophene rings is 1. The Morgan fingerprint density at radius 2 is 1.97 bits per heavy atom. The fourth-order valence-corrected chi connectivity index (χ4v) is 5.68. The number of carbonyl (C=O) groups is 2. The lowest BCUT2D eigenvalue weighted by atomic mass is 10.1. The van der Waals surface area contributed by atoms with Gasteiger partial charge in [0.2, 0.25) is 0 Å². The summed E-state index contributed by atoms with van der Waals surface area (Å²) in [6.07, 6.45) is 3.46. The maximum atomic E-state index is 13.4. The minimum Gasteiger partial charge on any atom is -0.457 e. The minimum absolute atomic E-state index is 0. The van der Waals surface area contributed by atoms with Crippen molar-refractivity contribution in [3.8, 4) is 11.5 Å². The van der Waals surface area contributed by atoms with Crippen molar-refractivity contribution in [1.29, 1.82) is 0 Å². The van der Waals surface area contributed by atoms with E-state index in [-0.39, 0.29) is 38.9 Å². The molecule has 1 fully saturated rings. The number of urea groups is 1. The highest BCUT2D eigenvalue weighted by Crippen LogP contribution is 2.46. The molecule has 2 N–H and O–H groups in total. The molecule has 1 atom stereocenters. The Morgan fingerprint density at radius 3 is 2.71 bits per heavy atom. The average Bonchev–Trinajstić information content (AvgIpc) is 3.26. The number of benzene rings is 2. The Balaban J connectivity index is 0.00000168. The summed E-state index contributed by atoms with van der Waals surface area (Å²) in [5.74, 6) is 1.20. The molecule has 1 saturated heterocycles. The van der Waals surface area contributed by atoms with Gasteiger partial charge in [0.15, 0.2) is 0 Å². The van der Waals surface area contributed by atoms with Crippen LogP contribution in [0, 0.1) is 6.92 Å². The molecule has 8 nitrogen and oxygen atoms in total. The Hall–Kier alpha value is -3.60. The number of anilines is 3. The molecule has 0 bridgehead atoms. The minimum atomic E-state index is -0.330. The van der Waals surface area contributed by atoms with Crippen molar-refractivity contribution in [3.05, 3.63) is 71.2 Å². The maximum Gasteiger partial charge on any atom is 0.331 e. The molecule has 0 radical (unpaired) electrons. The lowest BCUT2D eigenvalue weighted by Crippen LogP contribution is -2.41. The maximum absolute atomic E-state index is 13.4. The number of para-hydroxylation sites is 1. The number of aryl methyl sites for hydroxylation is 1. The predicted molar refractivity (Wildman–Crippen MR) is 157 cm³/mol. The van der Waals surface area contributed by atoms with Gasteiger partial charge in [-0.3, -0.25) is 9.69 Å². The van der Waals surface area contributed by atoms with Crippen LogP contribution in [-0.4, -0.2) is 36.2 Å². The van der Waals surface area contributed by atoms with Gasteiger partial charge in [-0.25, -0.2) is 9.78 Å². The van der Waals surface area contributed by atoms with Crippen molar-refractivity contribution >= 4 is 64.0 Å². The summed E-state index contributed by atoms with van der Waals surface area (Å²) in [7, 11) is 0. The van der Waals surface area contributed by atoms with E-state index in [4.69, 9.17) is 9.47 Å². The molecule has 4 aromatic rings. The number of aromatic nitrogens is 1. The molecular formula is C28H30N4O4S2. The zero-order chi connectivity index (χ0) is 24.6. The van der Waals surface area contributed by atoms with Gasteiger partial charge in [-0.1, -0.05) is 25.6 Å². The normalized spacial score (nSPS) is 16.2. The van der Waals surface area contributed by atoms with Crippen LogP contribution in [-0.2, 0) is 4.74 Å². The van der Waals surface area contributed by atoms with Crippen molar-refractivity contribution < 1.29 is 19.1 Å². The van der Waals surface area contributed by atoms with Crippen LogP contribution in [0.1, 0.15) is 35.5 Å². The van der Waals surface area contributed by atoms with Crippen molar-refractivity contribution in [2.24, 2.45) is 0 Å². The number of amides is 3. The summed E-state index contributed by atoms with van der Waals surface area (Å²) >= 11 is 1.28. The number of nitrogens with one attached hydrogen (secondary N) is 2. The Morgan fingerprint density at radius 1 is 1.16 bits per heavy atom. The Labute approximate surface area is 232 Å². The average molecular weight is 551 g/mol. The second kappa shape index (κ2) is 11.4. The van der Waals surface area contributed by atoms with E-state index in [1.54, 1.807) is 11.1 Å². The van der Waals surface area contributed by atoms with Gasteiger partial charge < -0.3 is 20.1 Å². The Bertz CT molecular complexity index is 1470. The number of carbonyl (C=O) groups excluding carboxylic acids is 2. The van der Waals surface area contributed by atoms with Crippen LogP contribution in [0.15, 0.2) is 60.8 Å². The van der Waals surface area contributed by atoms with Crippen LogP contribution in [0.25, 0.3) is 10.2 Å². The van der Waals surface area contributed by atoms with E-state index < -0.39 is 0 Å². The largest absolute Gasteiger partial charge is 0.457 e. The summed E-state index contributed by atoms with van der Waals surface area (Å²) in [4.78, 5) is 33.8. The zero-order valence-corrected chi connectivity index (χ0v) is 21.9. The third kappa shape index (κ3) is 5.07. The standard InChI is InChI=1S/C27H24N4O4S.CH4.H2S/c1-16-14-19(35-18-7-3-2-4-8-18)9-10-20(16)31-21-11-12-28-26-22(21)23(30-27(31)33)24(36-26)25(32)29-17-6-5-13-34-15-17;;/h2-4,7-12,14,17H,5-6,13,15H2,1H3,(H,29,32)(H,30,33);1H4;1H2/t17-;;/m0../s1. The number of ether oxygens (including phenoxy) is 2. The van der Waals surface area contributed by atoms with Gasteiger partial charge in [0.1, 0.15) is 21.2 Å². The molecule has 10 heteroatoms. The van der Waals surface area contributed by atoms with Gasteiger partial charge in [-0.15, -0.1) is 11.3 Å². The monoisotopic (exact) mass is 550 g/mol. The summed E-state index contributed by atoms with van der Waals surface area (Å²) in [6.45, 7) is 3.16. The van der Waals surface area contributed by atoms with E-state index in [9.17, 15) is 9.59 Å². The van der Waals surface area contributed by atoms with E-state index in [2.05, 4.69) is 15.6 Å². The third-order valence-electron chi connectivity index (χ3n) is 6.34. The van der Waals surface area contributed by atoms with Crippen LogP contribution < -0.4 is 20.3 Å². The topological polar surface area (TPSA) is 92.8 Å². The molecule has 198 valence electrons. The fourth-order valence-electron chi connectivity index (χ4n) is 4.66. The Kier molecular flexibility index (Phi) is 8.25. The number of rotatable bonds is 5. The first-order chi connectivity index (χ1) is 17.6. The molecule has 0 aliphatic carbocycles. The van der Waals surface area contributed by atoms with Crippen LogP contribution >= 0.6 is 24.8 Å². The third-order valence-corrected chi connectivity index (χ3v) is 7.43. The van der Waals surface area contributed by atoms with Gasteiger partial charge in [0, 0.05) is 12.8 Å². The molecule has 0 unspecified atom stereocenters. The molecule has 38 heavy (non-hydrogen) atoms. The number of pyridine rings is 1. The first-order valence-electron chi connectivity index (χ1n) is 11.8. The van der Waals surface area contributed by atoms with Crippen LogP contribution in [0.2, 0.25) is 0 Å². The first-order valence-corrected chi connectivity index (χ1v) is 12.6. The highest BCUT2D eigenvalue weighted by molar-refractivity contribution is 7.59. The summed E-state index contributed by atoms with van der Waals surface area (Å²) in [5.41, 5.74) is 2.80. The molecule has 2 aromatic heterocycles. The van der Waals surface area contributed by atoms with E-state index in [1.165, 1.54) is 11.3 Å². The van der Waals surface area contributed by atoms with Crippen molar-refractivity contribution in [1.82, 2.24) is 10.3 Å². The lowest BCUT2D eigenvalue weighted by molar-refractivity contribution is 0.0626. The van der Waals surface area contributed by atoms with Gasteiger partial charge in [0.25, 0.3) is 5.91 Å². The van der Waals surface area contributed by atoms with Gasteiger partial charge in [0.05, 0.1) is 35.1 Å². The lowest BCUT2D eigenvalue weighted by Gasteiger charge is -2.29. The summed E-state index contributed by atoms with van der Waals surface area (Å²) in [5, 5.41) is 6.76. The number of hydrogen-bond acceptors (Lipinski definition) is 6. The summed E-state index contributed by atoms with van der Waals surface area (Å²) in [6, 6.07) is 16.6. The van der Waals surface area contributed by atoms with E-state index >= 15 is 0 Å². The van der Waals surface area contributed by atoms with Crippen molar-refractivity contribution in [2.45, 2.75) is 33.2 Å². The molecule has 6 rings (SSSR count). The summed E-state index contributed by atoms with van der Waals surface area (Å²) < 4.78 is 11.4. The first kappa shape index (κ1) is 27.4. The van der Waals surface area contributed by atoms with Gasteiger partial charge >= 0.3 is 6.03 Å². The smallest absolute Gasteiger partial charge is 0.331 e. The molecule has 4 heterocycles. The van der Waals surface area contributed by atoms with Gasteiger partial charge in [-0.05, 0) is 61.7 Å². The number of nitrogens with zero attached hydrogens (tertiary/aromatic N) is 2. The zero-order valence-electron chi connectivity index (χ0n) is 20.1. The molecule has 2 aromatic carbocycles. The molecule has 3 amide bonds. The molecule has 0 spiro atoms. The second-order valence-corrected chi connectivity index (χ2v) is 9.83. The molecule has 2 aliphatic heterocycles. The van der Waals surface area contributed by atoms with Crippen LogP contribution in [0.5, 0.6) is 11.5 Å². The highest BCUT2D eigenvalue weighted by Gasteiger charge is 2.33. The molecular weight excluding hydrogens is 520 g/mol.